The molecule has 2 heterocycles. The maximum absolute atomic E-state index is 12.3. The molecule has 0 spiro atoms. The highest BCUT2D eigenvalue weighted by Gasteiger charge is 2.16. The molecule has 0 atom stereocenters. The van der Waals surface area contributed by atoms with Crippen molar-refractivity contribution in [1.82, 2.24) is 15.3 Å². The lowest BCUT2D eigenvalue weighted by Crippen LogP contribution is -2.26. The fraction of sp³-hybridized carbons (Fsp3) is 0.190. The van der Waals surface area contributed by atoms with Crippen molar-refractivity contribution >= 4 is 17.5 Å². The van der Waals surface area contributed by atoms with Crippen molar-refractivity contribution < 1.29 is 14.3 Å². The van der Waals surface area contributed by atoms with Gasteiger partial charge < -0.3 is 14.8 Å². The molecular weight excluding hydrogens is 378 g/mol. The molecule has 0 saturated carbocycles. The van der Waals surface area contributed by atoms with Gasteiger partial charge in [0.15, 0.2) is 17.3 Å². The van der Waals surface area contributed by atoms with Crippen LogP contribution < -0.4 is 14.8 Å². The molecule has 0 saturated heterocycles. The third kappa shape index (κ3) is 4.07. The van der Waals surface area contributed by atoms with Gasteiger partial charge >= 0.3 is 0 Å². The molecule has 1 aliphatic heterocycles. The number of rotatable bonds is 5. The second-order valence-electron chi connectivity index (χ2n) is 6.27. The Morgan fingerprint density at radius 1 is 1.07 bits per heavy atom. The number of ether oxygens (including phenoxy) is 2. The molecule has 1 amide bonds. The second-order valence-corrected chi connectivity index (χ2v) is 6.68. The van der Waals surface area contributed by atoms with E-state index in [0.717, 1.165) is 11.1 Å². The Balaban J connectivity index is 1.35. The van der Waals surface area contributed by atoms with E-state index in [1.807, 2.05) is 42.5 Å². The predicted octanol–water partition coefficient (Wildman–Crippen LogP) is 3.54. The summed E-state index contributed by atoms with van der Waals surface area (Å²) in [7, 11) is 0. The van der Waals surface area contributed by atoms with Gasteiger partial charge in [0, 0.05) is 24.5 Å². The number of carbonyl (C=O) groups excluding carboxylic acids is 1. The van der Waals surface area contributed by atoms with Crippen LogP contribution in [0.4, 0.5) is 0 Å². The summed E-state index contributed by atoms with van der Waals surface area (Å²) >= 11 is 6.24. The molecule has 0 fully saturated rings. The van der Waals surface area contributed by atoms with Crippen LogP contribution >= 0.6 is 11.6 Å². The van der Waals surface area contributed by atoms with E-state index in [1.165, 1.54) is 12.4 Å². The normalized spacial score (nSPS) is 12.5. The SMILES string of the molecule is O=C(NCCc1cc(Cl)c2c(c1)OCCO2)c1cnc(-c2ccccc2)nc1. The zero-order valence-electron chi connectivity index (χ0n) is 15.0. The van der Waals surface area contributed by atoms with E-state index in [-0.39, 0.29) is 5.91 Å². The second kappa shape index (κ2) is 8.27. The van der Waals surface area contributed by atoms with Crippen molar-refractivity contribution in [3.8, 4) is 22.9 Å². The Morgan fingerprint density at radius 2 is 1.82 bits per heavy atom. The first-order valence-electron chi connectivity index (χ1n) is 8.94. The standard InChI is InChI=1S/C21H18ClN3O3/c22-17-10-14(11-18-19(17)28-9-8-27-18)6-7-23-21(26)16-12-24-20(25-13-16)15-4-2-1-3-5-15/h1-5,10-13H,6-9H2,(H,23,26). The first-order valence-corrected chi connectivity index (χ1v) is 9.32. The fourth-order valence-corrected chi connectivity index (χ4v) is 3.20. The quantitative estimate of drug-likeness (QED) is 0.715. The van der Waals surface area contributed by atoms with Crippen molar-refractivity contribution in [2.24, 2.45) is 0 Å². The summed E-state index contributed by atoms with van der Waals surface area (Å²) in [5.41, 5.74) is 2.29. The molecule has 1 aromatic heterocycles. The summed E-state index contributed by atoms with van der Waals surface area (Å²) in [4.78, 5) is 20.9. The van der Waals surface area contributed by atoms with Crippen molar-refractivity contribution in [2.45, 2.75) is 6.42 Å². The Morgan fingerprint density at radius 3 is 2.61 bits per heavy atom. The lowest BCUT2D eigenvalue weighted by molar-refractivity contribution is 0.0953. The maximum atomic E-state index is 12.3. The first kappa shape index (κ1) is 18.3. The topological polar surface area (TPSA) is 73.3 Å². The Hall–Kier alpha value is -3.12. The number of hydrogen-bond acceptors (Lipinski definition) is 5. The average molecular weight is 396 g/mol. The molecule has 1 aliphatic rings. The maximum Gasteiger partial charge on any atom is 0.254 e. The molecule has 4 rings (SSSR count). The molecule has 0 aliphatic carbocycles. The van der Waals surface area contributed by atoms with Gasteiger partial charge in [0.05, 0.1) is 10.6 Å². The Labute approximate surface area is 167 Å². The van der Waals surface area contributed by atoms with E-state index < -0.39 is 0 Å². The number of nitrogens with zero attached hydrogens (tertiary/aromatic N) is 2. The van der Waals surface area contributed by atoms with Crippen LogP contribution in [0.2, 0.25) is 5.02 Å². The molecule has 0 unspecified atom stereocenters. The van der Waals surface area contributed by atoms with Gasteiger partial charge in [0.2, 0.25) is 0 Å². The first-order chi connectivity index (χ1) is 13.7. The van der Waals surface area contributed by atoms with Crippen LogP contribution in [-0.2, 0) is 6.42 Å². The monoisotopic (exact) mass is 395 g/mol. The molecule has 28 heavy (non-hydrogen) atoms. The zero-order chi connectivity index (χ0) is 19.3. The van der Waals surface area contributed by atoms with Gasteiger partial charge in [-0.05, 0) is 24.1 Å². The number of aromatic nitrogens is 2. The van der Waals surface area contributed by atoms with E-state index >= 15 is 0 Å². The highest BCUT2D eigenvalue weighted by molar-refractivity contribution is 6.32. The smallest absolute Gasteiger partial charge is 0.254 e. The number of hydrogen-bond donors (Lipinski definition) is 1. The molecule has 1 N–H and O–H groups in total. The van der Waals surface area contributed by atoms with E-state index in [9.17, 15) is 4.79 Å². The van der Waals surface area contributed by atoms with Crippen molar-refractivity contribution in [3.05, 3.63) is 71.0 Å². The van der Waals surface area contributed by atoms with Gasteiger partial charge in [-0.2, -0.15) is 0 Å². The molecule has 6 nitrogen and oxygen atoms in total. The van der Waals surface area contributed by atoms with Crippen molar-refractivity contribution in [1.29, 1.82) is 0 Å². The van der Waals surface area contributed by atoms with Gasteiger partial charge in [0.25, 0.3) is 5.91 Å². The van der Waals surface area contributed by atoms with Gasteiger partial charge in [-0.15, -0.1) is 0 Å². The van der Waals surface area contributed by atoms with Crippen LogP contribution in [0.1, 0.15) is 15.9 Å². The summed E-state index contributed by atoms with van der Waals surface area (Å²) in [6.45, 7) is 1.45. The average Bonchev–Trinajstić information content (AvgIpc) is 2.74. The van der Waals surface area contributed by atoms with Crippen molar-refractivity contribution in [3.63, 3.8) is 0 Å². The number of amides is 1. The number of carbonyl (C=O) groups is 1. The predicted molar refractivity (Wildman–Crippen MR) is 106 cm³/mol. The third-order valence-electron chi connectivity index (χ3n) is 4.30. The number of halogens is 1. The van der Waals surface area contributed by atoms with Crippen LogP contribution in [0, 0.1) is 0 Å². The van der Waals surface area contributed by atoms with Crippen LogP contribution in [0.15, 0.2) is 54.9 Å². The summed E-state index contributed by atoms with van der Waals surface area (Å²) in [6, 6.07) is 13.3. The fourth-order valence-electron chi connectivity index (χ4n) is 2.91. The summed E-state index contributed by atoms with van der Waals surface area (Å²) < 4.78 is 11.1. The van der Waals surface area contributed by atoms with Gasteiger partial charge in [-0.3, -0.25) is 4.79 Å². The third-order valence-corrected chi connectivity index (χ3v) is 4.58. The van der Waals surface area contributed by atoms with E-state index in [0.29, 0.717) is 54.1 Å². The number of benzene rings is 2. The number of fused-ring (bicyclic) bond motifs is 1. The molecule has 3 aromatic rings. The largest absolute Gasteiger partial charge is 0.486 e. The van der Waals surface area contributed by atoms with Crippen LogP contribution in [0.3, 0.4) is 0 Å². The van der Waals surface area contributed by atoms with Crippen LogP contribution in [0.5, 0.6) is 11.5 Å². The summed E-state index contributed by atoms with van der Waals surface area (Å²) in [5.74, 6) is 1.59. The van der Waals surface area contributed by atoms with Gasteiger partial charge in [-0.1, -0.05) is 41.9 Å². The molecular formula is C21H18ClN3O3. The van der Waals surface area contributed by atoms with E-state index in [4.69, 9.17) is 21.1 Å². The van der Waals surface area contributed by atoms with Crippen LogP contribution in [-0.4, -0.2) is 35.6 Å². The molecule has 0 bridgehead atoms. The van der Waals surface area contributed by atoms with Crippen LogP contribution in [0.25, 0.3) is 11.4 Å². The minimum Gasteiger partial charge on any atom is -0.486 e. The Kier molecular flexibility index (Phi) is 5.39. The highest BCUT2D eigenvalue weighted by Crippen LogP contribution is 2.38. The lowest BCUT2D eigenvalue weighted by Gasteiger charge is -2.20. The highest BCUT2D eigenvalue weighted by atomic mass is 35.5. The number of nitrogens with one attached hydrogen (secondary N) is 1. The summed E-state index contributed by atoms with van der Waals surface area (Å²) in [5, 5.41) is 3.39. The molecule has 142 valence electrons. The van der Waals surface area contributed by atoms with Gasteiger partial charge in [-0.25, -0.2) is 9.97 Å². The minimum atomic E-state index is -0.219. The van der Waals surface area contributed by atoms with E-state index in [2.05, 4.69) is 15.3 Å². The molecule has 7 heteroatoms. The lowest BCUT2D eigenvalue weighted by atomic mass is 10.1. The minimum absolute atomic E-state index is 0.219. The van der Waals surface area contributed by atoms with Gasteiger partial charge in [0.1, 0.15) is 13.2 Å². The van der Waals surface area contributed by atoms with Crippen molar-refractivity contribution in [2.75, 3.05) is 19.8 Å². The molecule has 2 aromatic carbocycles. The molecule has 0 radical (unpaired) electrons. The Bertz CT molecular complexity index is 978. The zero-order valence-corrected chi connectivity index (χ0v) is 15.8. The summed E-state index contributed by atoms with van der Waals surface area (Å²) in [6.07, 6.45) is 3.68. The van der Waals surface area contributed by atoms with E-state index in [1.54, 1.807) is 0 Å².